The Kier molecular flexibility index (Phi) is 31.4. The molecular formula is C36H67O8P. The van der Waals surface area contributed by atoms with Gasteiger partial charge in [0.1, 0.15) is 6.61 Å². The molecule has 0 aromatic heterocycles. The van der Waals surface area contributed by atoms with Crippen LogP contribution in [-0.4, -0.2) is 41.0 Å². The molecule has 8 nitrogen and oxygen atoms in total. The normalized spacial score (nSPS) is 12.7. The third-order valence-corrected chi connectivity index (χ3v) is 8.32. The molecule has 0 aliphatic carbocycles. The Hall–Kier alpha value is -1.47. The van der Waals surface area contributed by atoms with Gasteiger partial charge in [0.2, 0.25) is 0 Å². The number of phosphoric acid groups is 1. The van der Waals surface area contributed by atoms with Crippen LogP contribution < -0.4 is 0 Å². The summed E-state index contributed by atoms with van der Waals surface area (Å²) in [6, 6.07) is 0. The Balaban J connectivity index is 4.08. The van der Waals surface area contributed by atoms with Gasteiger partial charge in [0.25, 0.3) is 0 Å². The van der Waals surface area contributed by atoms with Gasteiger partial charge in [0, 0.05) is 12.5 Å². The fourth-order valence-electron chi connectivity index (χ4n) is 5.10. The first-order valence-electron chi connectivity index (χ1n) is 18.2. The zero-order valence-corrected chi connectivity index (χ0v) is 29.7. The molecule has 0 aromatic rings. The zero-order chi connectivity index (χ0) is 33.3. The molecule has 0 rings (SSSR count). The Morgan fingerprint density at radius 2 is 1.07 bits per heavy atom. The van der Waals surface area contributed by atoms with E-state index in [0.717, 1.165) is 25.7 Å². The maximum Gasteiger partial charge on any atom is 0.469 e. The number of esters is 2. The van der Waals surface area contributed by atoms with Gasteiger partial charge in [-0.2, -0.15) is 0 Å². The van der Waals surface area contributed by atoms with Crippen molar-refractivity contribution >= 4 is 19.8 Å². The molecule has 0 amide bonds. The van der Waals surface area contributed by atoms with E-state index < -0.39 is 32.5 Å². The van der Waals surface area contributed by atoms with Crippen LogP contribution in [0.1, 0.15) is 174 Å². The first-order valence-corrected chi connectivity index (χ1v) is 19.7. The Bertz CT molecular complexity index is 792. The summed E-state index contributed by atoms with van der Waals surface area (Å²) >= 11 is 0. The van der Waals surface area contributed by atoms with E-state index in [0.29, 0.717) is 6.42 Å². The van der Waals surface area contributed by atoms with E-state index in [-0.39, 0.29) is 13.0 Å². The first kappa shape index (κ1) is 43.5. The van der Waals surface area contributed by atoms with Gasteiger partial charge in [-0.25, -0.2) is 9.36 Å². The molecule has 2 N–H and O–H groups in total. The third-order valence-electron chi connectivity index (χ3n) is 7.83. The molecule has 0 spiro atoms. The van der Waals surface area contributed by atoms with Crippen molar-refractivity contribution in [3.63, 3.8) is 0 Å². The van der Waals surface area contributed by atoms with E-state index in [9.17, 15) is 14.2 Å². The minimum atomic E-state index is -4.77. The van der Waals surface area contributed by atoms with E-state index in [1.807, 2.05) is 6.08 Å². The van der Waals surface area contributed by atoms with Gasteiger partial charge < -0.3 is 19.3 Å². The highest BCUT2D eigenvalue weighted by Crippen LogP contribution is 2.35. The van der Waals surface area contributed by atoms with E-state index >= 15 is 0 Å². The van der Waals surface area contributed by atoms with Crippen LogP contribution >= 0.6 is 7.82 Å². The average Bonchev–Trinajstić information content (AvgIpc) is 3.00. The van der Waals surface area contributed by atoms with Gasteiger partial charge in [-0.3, -0.25) is 9.32 Å². The molecule has 0 aromatic carbocycles. The monoisotopic (exact) mass is 658 g/mol. The second-order valence-electron chi connectivity index (χ2n) is 12.3. The molecule has 0 bridgehead atoms. The van der Waals surface area contributed by atoms with Crippen molar-refractivity contribution in [3.8, 4) is 0 Å². The fourth-order valence-corrected chi connectivity index (χ4v) is 5.46. The average molecular weight is 659 g/mol. The van der Waals surface area contributed by atoms with Crippen molar-refractivity contribution in [2.24, 2.45) is 0 Å². The molecule has 1 atom stereocenters. The summed E-state index contributed by atoms with van der Waals surface area (Å²) in [7, 11) is -4.77. The molecule has 0 fully saturated rings. The summed E-state index contributed by atoms with van der Waals surface area (Å²) in [6.45, 7) is 3.57. The number of rotatable bonds is 33. The lowest BCUT2D eigenvalue weighted by Gasteiger charge is -2.17. The number of allylic oxidation sites excluding steroid dienone is 3. The number of hydrogen-bond acceptors (Lipinski definition) is 6. The van der Waals surface area contributed by atoms with Crippen LogP contribution in [-0.2, 0) is 28.2 Å². The Morgan fingerprint density at radius 1 is 0.622 bits per heavy atom. The first-order chi connectivity index (χ1) is 21.8. The SMILES string of the molecule is CCCCCCCCCCCCC/C=C/C=C/C(=O)O[C@H](COC(=O)CCCCCCCCCCCCCC)COP(=O)(O)O. The molecule has 264 valence electrons. The number of hydrogen-bond donors (Lipinski definition) is 2. The molecular weight excluding hydrogens is 591 g/mol. The van der Waals surface area contributed by atoms with Crippen molar-refractivity contribution in [1.82, 2.24) is 0 Å². The van der Waals surface area contributed by atoms with E-state index in [2.05, 4.69) is 18.4 Å². The molecule has 0 saturated carbocycles. The van der Waals surface area contributed by atoms with Gasteiger partial charge in [-0.1, -0.05) is 167 Å². The minimum Gasteiger partial charge on any atom is -0.462 e. The van der Waals surface area contributed by atoms with Crippen LogP contribution in [0.25, 0.3) is 0 Å². The number of unbranched alkanes of at least 4 members (excludes halogenated alkanes) is 22. The van der Waals surface area contributed by atoms with Crippen molar-refractivity contribution in [3.05, 3.63) is 24.3 Å². The predicted octanol–water partition coefficient (Wildman–Crippen LogP) is 10.5. The van der Waals surface area contributed by atoms with Crippen LogP contribution in [0.2, 0.25) is 0 Å². The minimum absolute atomic E-state index is 0.251. The summed E-state index contributed by atoms with van der Waals surface area (Å²) in [5.41, 5.74) is 0. The summed E-state index contributed by atoms with van der Waals surface area (Å²) in [6.07, 6.45) is 35.3. The Morgan fingerprint density at radius 3 is 1.53 bits per heavy atom. The number of carbonyl (C=O) groups excluding carboxylic acids is 2. The standard InChI is InChI=1S/C36H67O8P/c1-3-5-7-9-11-13-15-17-18-19-21-23-25-27-29-31-36(38)44-34(33-43-45(39,40)41)32-42-35(37)30-28-26-24-22-20-16-14-12-10-8-6-4-2/h25,27,29,31,34H,3-24,26,28,30,32-33H2,1-2H3,(H2,39,40,41)/b27-25+,31-29+/t34-/m1/s1. The topological polar surface area (TPSA) is 119 Å². The van der Waals surface area contributed by atoms with Crippen LogP contribution in [0.3, 0.4) is 0 Å². The van der Waals surface area contributed by atoms with Gasteiger partial charge in [-0.15, -0.1) is 0 Å². The molecule has 0 radical (unpaired) electrons. The zero-order valence-electron chi connectivity index (χ0n) is 28.8. The maximum absolute atomic E-state index is 12.2. The Labute approximate surface area is 275 Å². The second-order valence-corrected chi connectivity index (χ2v) is 13.5. The van der Waals surface area contributed by atoms with Crippen LogP contribution in [0.5, 0.6) is 0 Å². The second kappa shape index (κ2) is 32.5. The van der Waals surface area contributed by atoms with E-state index in [1.165, 1.54) is 128 Å². The molecule has 9 heteroatoms. The van der Waals surface area contributed by atoms with Crippen molar-refractivity contribution in [2.75, 3.05) is 13.2 Å². The van der Waals surface area contributed by atoms with Crippen LogP contribution in [0.4, 0.5) is 0 Å². The number of ether oxygens (including phenoxy) is 2. The lowest BCUT2D eigenvalue weighted by Crippen LogP contribution is -2.29. The van der Waals surface area contributed by atoms with Gasteiger partial charge >= 0.3 is 19.8 Å². The lowest BCUT2D eigenvalue weighted by molar-refractivity contribution is -0.157. The predicted molar refractivity (Wildman–Crippen MR) is 184 cm³/mol. The van der Waals surface area contributed by atoms with E-state index in [4.69, 9.17) is 19.3 Å². The smallest absolute Gasteiger partial charge is 0.462 e. The summed E-state index contributed by atoms with van der Waals surface area (Å²) in [5, 5.41) is 0. The molecule has 0 saturated heterocycles. The van der Waals surface area contributed by atoms with Crippen molar-refractivity contribution in [1.29, 1.82) is 0 Å². The highest BCUT2D eigenvalue weighted by atomic mass is 31.2. The molecule has 0 aliphatic heterocycles. The van der Waals surface area contributed by atoms with E-state index in [1.54, 1.807) is 12.2 Å². The highest BCUT2D eigenvalue weighted by Gasteiger charge is 2.22. The lowest BCUT2D eigenvalue weighted by atomic mass is 10.0. The summed E-state index contributed by atoms with van der Waals surface area (Å²) in [5.74, 6) is -1.13. The molecule has 0 unspecified atom stereocenters. The number of carbonyl (C=O) groups is 2. The van der Waals surface area contributed by atoms with Crippen molar-refractivity contribution < 1.29 is 37.9 Å². The van der Waals surface area contributed by atoms with Crippen molar-refractivity contribution in [2.45, 2.75) is 180 Å². The van der Waals surface area contributed by atoms with Crippen LogP contribution in [0.15, 0.2) is 24.3 Å². The fraction of sp³-hybridized carbons (Fsp3) is 0.833. The number of phosphoric ester groups is 1. The quantitative estimate of drug-likeness (QED) is 0.0235. The highest BCUT2D eigenvalue weighted by molar-refractivity contribution is 7.46. The van der Waals surface area contributed by atoms with Gasteiger partial charge in [-0.05, 0) is 19.3 Å². The molecule has 45 heavy (non-hydrogen) atoms. The molecule has 0 heterocycles. The molecule has 0 aliphatic rings. The largest absolute Gasteiger partial charge is 0.469 e. The third kappa shape index (κ3) is 35.2. The summed E-state index contributed by atoms with van der Waals surface area (Å²) in [4.78, 5) is 42.4. The summed E-state index contributed by atoms with van der Waals surface area (Å²) < 4.78 is 26.1. The van der Waals surface area contributed by atoms with Crippen LogP contribution in [0, 0.1) is 0 Å². The van der Waals surface area contributed by atoms with Gasteiger partial charge in [0.05, 0.1) is 6.61 Å². The van der Waals surface area contributed by atoms with Gasteiger partial charge in [0.15, 0.2) is 6.10 Å². The maximum atomic E-state index is 12.2.